The third-order valence-electron chi connectivity index (χ3n) is 3.84. The highest BCUT2D eigenvalue weighted by Gasteiger charge is 2.56. The van der Waals surface area contributed by atoms with Crippen LogP contribution in [0, 0.1) is 60.7 Å². The van der Waals surface area contributed by atoms with Crippen LogP contribution in [0.2, 0.25) is 0 Å². The quantitative estimate of drug-likeness (QED) is 0.170. The third kappa shape index (κ3) is 5.98. The van der Waals surface area contributed by atoms with E-state index in [1.54, 1.807) is 0 Å². The van der Waals surface area contributed by atoms with Gasteiger partial charge in [0, 0.05) is 0 Å². The minimum absolute atomic E-state index is 0.144. The second-order valence-corrected chi connectivity index (χ2v) is 6.29. The molecule has 0 radical (unpaired) electrons. The molecule has 0 fully saturated rings. The molecule has 0 aliphatic rings. The standard InChI is InChI=1S/C9H16N8O13/c1-8(12(19)20,13(21)22)5-10(16(27)28)3-7(18)4-11(17(29)30)6-9(2,14(23)24)15(25)26/h7,18H,3-6H2,1-2H3. The molecule has 0 aliphatic heterocycles. The summed E-state index contributed by atoms with van der Waals surface area (Å²) >= 11 is 0. The first-order chi connectivity index (χ1) is 13.5. The highest BCUT2D eigenvalue weighted by atomic mass is 16.7. The molecule has 0 saturated carbocycles. The molecule has 0 spiro atoms. The van der Waals surface area contributed by atoms with Gasteiger partial charge in [-0.25, -0.2) is 20.2 Å². The number of hydrazine groups is 2. The van der Waals surface area contributed by atoms with E-state index in [-0.39, 0.29) is 10.0 Å². The molecule has 0 aliphatic carbocycles. The van der Waals surface area contributed by atoms with E-state index in [1.165, 1.54) is 0 Å². The van der Waals surface area contributed by atoms with Crippen molar-refractivity contribution in [2.45, 2.75) is 31.3 Å². The Hall–Kier alpha value is -4.04. The molecule has 1 N–H and O–H groups in total. The number of nitro groups is 6. The van der Waals surface area contributed by atoms with Gasteiger partial charge in [0.1, 0.15) is 38.9 Å². The van der Waals surface area contributed by atoms with Crippen molar-refractivity contribution in [1.82, 2.24) is 10.0 Å². The third-order valence-corrected chi connectivity index (χ3v) is 3.84. The van der Waals surface area contributed by atoms with Crippen molar-refractivity contribution < 1.29 is 34.9 Å². The Kier molecular flexibility index (Phi) is 8.17. The Balaban J connectivity index is 5.53. The topological polar surface area (TPSA) is 286 Å². The van der Waals surface area contributed by atoms with E-state index in [2.05, 4.69) is 0 Å². The second kappa shape index (κ2) is 9.44. The summed E-state index contributed by atoms with van der Waals surface area (Å²) < 4.78 is 0. The molecular weight excluding hydrogens is 428 g/mol. The summed E-state index contributed by atoms with van der Waals surface area (Å²) in [6.07, 6.45) is -2.11. The van der Waals surface area contributed by atoms with Gasteiger partial charge in [0.2, 0.25) is 13.1 Å². The highest BCUT2D eigenvalue weighted by molar-refractivity contribution is 4.70. The molecule has 30 heavy (non-hydrogen) atoms. The fraction of sp³-hybridized carbons (Fsp3) is 1.00. The van der Waals surface area contributed by atoms with Crippen molar-refractivity contribution >= 4 is 0 Å². The van der Waals surface area contributed by atoms with Crippen LogP contribution in [0.5, 0.6) is 0 Å². The van der Waals surface area contributed by atoms with E-state index >= 15 is 0 Å². The monoisotopic (exact) mass is 444 g/mol. The lowest BCUT2D eigenvalue weighted by molar-refractivity contribution is -0.805. The van der Waals surface area contributed by atoms with E-state index < -0.39 is 73.4 Å². The van der Waals surface area contributed by atoms with Crippen LogP contribution in [0.4, 0.5) is 0 Å². The lowest BCUT2D eigenvalue weighted by Crippen LogP contribution is -2.57. The summed E-state index contributed by atoms with van der Waals surface area (Å²) in [5.41, 5.74) is -6.13. The second-order valence-electron chi connectivity index (χ2n) is 6.29. The molecule has 0 heterocycles. The Labute approximate surface area is 164 Å². The number of aliphatic hydroxyl groups excluding tert-OH is 1. The molecule has 0 unspecified atom stereocenters. The van der Waals surface area contributed by atoms with Crippen molar-refractivity contribution in [2.75, 3.05) is 26.2 Å². The summed E-state index contributed by atoms with van der Waals surface area (Å²) in [6, 6.07) is 0. The van der Waals surface area contributed by atoms with Crippen LogP contribution in [-0.4, -0.2) is 88.5 Å². The van der Waals surface area contributed by atoms with Crippen molar-refractivity contribution in [2.24, 2.45) is 0 Å². The molecule has 0 rings (SSSR count). The largest absolute Gasteiger partial charge is 0.478 e. The lowest BCUT2D eigenvalue weighted by Gasteiger charge is -2.23. The van der Waals surface area contributed by atoms with Crippen LogP contribution in [0.25, 0.3) is 0 Å². The SMILES string of the molecule is CC(CN(CC(O)CN(CC(C)([N+](=O)[O-])[N+](=O)[O-])[N+](=O)[O-])[N+](=O)[O-])([N+](=O)[O-])[N+](=O)[O-]. The van der Waals surface area contributed by atoms with E-state index in [9.17, 15) is 65.8 Å². The minimum atomic E-state index is -3.06. The Morgan fingerprint density at radius 1 is 0.667 bits per heavy atom. The van der Waals surface area contributed by atoms with Gasteiger partial charge in [-0.15, -0.1) is 10.0 Å². The minimum Gasteiger partial charge on any atom is -0.389 e. The van der Waals surface area contributed by atoms with Crippen LogP contribution >= 0.6 is 0 Å². The predicted octanol–water partition coefficient (Wildman–Crippen LogP) is -2.13. The Bertz CT molecular complexity index is 654. The molecule has 0 saturated heterocycles. The maximum atomic E-state index is 11.0. The molecule has 0 aromatic carbocycles. The van der Waals surface area contributed by atoms with Gasteiger partial charge in [-0.05, 0) is 0 Å². The van der Waals surface area contributed by atoms with E-state index in [1.807, 2.05) is 0 Å². The molecule has 0 atom stereocenters. The smallest absolute Gasteiger partial charge is 0.389 e. The Morgan fingerprint density at radius 3 is 1.07 bits per heavy atom. The number of rotatable bonds is 14. The predicted molar refractivity (Wildman–Crippen MR) is 87.9 cm³/mol. The summed E-state index contributed by atoms with van der Waals surface area (Å²) in [6.45, 7) is -4.39. The number of aliphatic hydroxyl groups is 1. The van der Waals surface area contributed by atoms with Gasteiger partial charge < -0.3 is 5.11 Å². The molecule has 170 valence electrons. The summed E-state index contributed by atoms with van der Waals surface area (Å²) in [5.74, 6) is 0. The van der Waals surface area contributed by atoms with Crippen molar-refractivity contribution in [3.63, 3.8) is 0 Å². The van der Waals surface area contributed by atoms with Crippen molar-refractivity contribution in [1.29, 1.82) is 0 Å². The van der Waals surface area contributed by atoms with E-state index in [0.29, 0.717) is 13.8 Å². The maximum Gasteiger partial charge on any atom is 0.478 e. The van der Waals surface area contributed by atoms with Crippen molar-refractivity contribution in [3.05, 3.63) is 60.7 Å². The van der Waals surface area contributed by atoms with Crippen LogP contribution in [-0.2, 0) is 0 Å². The highest BCUT2D eigenvalue weighted by Crippen LogP contribution is 2.15. The number of nitrogens with zero attached hydrogens (tertiary/aromatic N) is 8. The van der Waals surface area contributed by atoms with Gasteiger partial charge in [0.15, 0.2) is 10.1 Å². The zero-order chi connectivity index (χ0) is 24.0. The molecule has 0 aromatic heterocycles. The summed E-state index contributed by atoms with van der Waals surface area (Å²) in [4.78, 5) is 59.9. The molecular formula is C9H16N8O13. The number of hydrogen-bond acceptors (Lipinski definition) is 13. The van der Waals surface area contributed by atoms with Gasteiger partial charge in [-0.2, -0.15) is 0 Å². The van der Waals surface area contributed by atoms with Crippen LogP contribution in [0.15, 0.2) is 0 Å². The van der Waals surface area contributed by atoms with Crippen molar-refractivity contribution in [3.8, 4) is 0 Å². The van der Waals surface area contributed by atoms with Crippen LogP contribution in [0.1, 0.15) is 13.8 Å². The first-order valence-corrected chi connectivity index (χ1v) is 7.53. The van der Waals surface area contributed by atoms with E-state index in [0.717, 1.165) is 0 Å². The van der Waals surface area contributed by atoms with Crippen LogP contribution in [0.3, 0.4) is 0 Å². The zero-order valence-corrected chi connectivity index (χ0v) is 15.3. The van der Waals surface area contributed by atoms with Gasteiger partial charge in [-0.1, -0.05) is 0 Å². The van der Waals surface area contributed by atoms with Gasteiger partial charge in [0.05, 0.1) is 13.8 Å². The van der Waals surface area contributed by atoms with E-state index in [4.69, 9.17) is 0 Å². The van der Waals surface area contributed by atoms with Gasteiger partial charge in [-0.3, -0.25) is 40.5 Å². The first-order valence-electron chi connectivity index (χ1n) is 7.53. The fourth-order valence-corrected chi connectivity index (χ4v) is 1.98. The average molecular weight is 444 g/mol. The van der Waals surface area contributed by atoms with Crippen LogP contribution < -0.4 is 0 Å². The molecule has 21 heteroatoms. The zero-order valence-electron chi connectivity index (χ0n) is 15.3. The molecule has 0 aromatic rings. The summed E-state index contributed by atoms with van der Waals surface area (Å²) in [7, 11) is 0. The molecule has 0 amide bonds. The first kappa shape index (κ1) is 26.0. The average Bonchev–Trinajstić information content (AvgIpc) is 2.59. The molecule has 21 nitrogen and oxygen atoms in total. The normalized spacial score (nSPS) is 11.6. The number of hydrogen-bond donors (Lipinski definition) is 1. The Morgan fingerprint density at radius 2 is 0.900 bits per heavy atom. The van der Waals surface area contributed by atoms with Gasteiger partial charge in [0.25, 0.3) is 0 Å². The fourth-order valence-electron chi connectivity index (χ4n) is 1.98. The lowest BCUT2D eigenvalue weighted by atomic mass is 10.2. The molecule has 0 bridgehead atoms. The summed E-state index contributed by atoms with van der Waals surface area (Å²) in [5, 5.41) is 72.5. The van der Waals surface area contributed by atoms with Gasteiger partial charge >= 0.3 is 11.3 Å². The maximum absolute atomic E-state index is 11.0.